The molecule has 3 heteroatoms. The Morgan fingerprint density at radius 3 is 2.53 bits per heavy atom. The number of ether oxygens (including phenoxy) is 1. The first-order chi connectivity index (χ1) is 6.99. The summed E-state index contributed by atoms with van der Waals surface area (Å²) in [6.45, 7) is 9.05. The molecular formula is C12H20N2O. The summed E-state index contributed by atoms with van der Waals surface area (Å²) in [4.78, 5) is 8.86. The molecule has 3 nitrogen and oxygen atoms in total. The van der Waals surface area contributed by atoms with Crippen LogP contribution in [-0.2, 0) is 16.8 Å². The third-order valence-electron chi connectivity index (χ3n) is 2.75. The van der Waals surface area contributed by atoms with Crippen molar-refractivity contribution < 1.29 is 4.74 Å². The van der Waals surface area contributed by atoms with Crippen molar-refractivity contribution in [2.24, 2.45) is 0 Å². The summed E-state index contributed by atoms with van der Waals surface area (Å²) < 4.78 is 5.06. The first-order valence-electron chi connectivity index (χ1n) is 5.33. The normalized spacial score (nSPS) is 11.8. The Morgan fingerprint density at radius 1 is 1.33 bits per heavy atom. The van der Waals surface area contributed by atoms with Gasteiger partial charge in [-0.1, -0.05) is 20.8 Å². The summed E-state index contributed by atoms with van der Waals surface area (Å²) in [7, 11) is 1.66. The lowest BCUT2D eigenvalue weighted by Gasteiger charge is -2.22. The molecule has 1 aromatic rings. The van der Waals surface area contributed by atoms with E-state index in [1.165, 1.54) is 0 Å². The molecule has 1 aromatic heterocycles. The third-order valence-corrected chi connectivity index (χ3v) is 2.75. The molecule has 0 saturated carbocycles. The molecule has 1 heterocycles. The largest absolute Gasteiger partial charge is 0.377 e. The molecule has 0 aliphatic rings. The van der Waals surface area contributed by atoms with E-state index in [2.05, 4.69) is 36.8 Å². The van der Waals surface area contributed by atoms with Crippen LogP contribution in [0.25, 0.3) is 0 Å². The van der Waals surface area contributed by atoms with E-state index in [-0.39, 0.29) is 5.41 Å². The lowest BCUT2D eigenvalue weighted by molar-refractivity contribution is 0.177. The second kappa shape index (κ2) is 4.71. The van der Waals surface area contributed by atoms with E-state index < -0.39 is 0 Å². The zero-order chi connectivity index (χ0) is 11.5. The van der Waals surface area contributed by atoms with Gasteiger partial charge in [0, 0.05) is 18.2 Å². The van der Waals surface area contributed by atoms with Crippen LogP contribution in [0.1, 0.15) is 44.4 Å². The molecule has 0 radical (unpaired) electrons. The van der Waals surface area contributed by atoms with Crippen molar-refractivity contribution in [3.8, 4) is 0 Å². The standard InChI is InChI=1S/C12H20N2O/c1-6-12(3,4)10-7-9(2)13-11(14-10)8-15-5/h7H,6,8H2,1-5H3. The van der Waals surface area contributed by atoms with E-state index in [1.54, 1.807) is 7.11 Å². The maximum absolute atomic E-state index is 5.06. The van der Waals surface area contributed by atoms with Gasteiger partial charge >= 0.3 is 0 Å². The molecular weight excluding hydrogens is 188 g/mol. The van der Waals surface area contributed by atoms with Crippen molar-refractivity contribution in [3.63, 3.8) is 0 Å². The highest BCUT2D eigenvalue weighted by Gasteiger charge is 2.20. The second-order valence-corrected chi connectivity index (χ2v) is 4.48. The molecule has 1 rings (SSSR count). The molecule has 0 bridgehead atoms. The van der Waals surface area contributed by atoms with Crippen molar-refractivity contribution in [3.05, 3.63) is 23.3 Å². The van der Waals surface area contributed by atoms with Gasteiger partial charge in [0.1, 0.15) is 6.61 Å². The van der Waals surface area contributed by atoms with Gasteiger partial charge in [-0.25, -0.2) is 9.97 Å². The summed E-state index contributed by atoms with van der Waals surface area (Å²) in [5.74, 6) is 0.772. The monoisotopic (exact) mass is 208 g/mol. The van der Waals surface area contributed by atoms with Crippen molar-refractivity contribution in [1.29, 1.82) is 0 Å². The number of hydrogen-bond acceptors (Lipinski definition) is 3. The fourth-order valence-corrected chi connectivity index (χ4v) is 1.35. The fourth-order valence-electron chi connectivity index (χ4n) is 1.35. The minimum atomic E-state index is 0.107. The number of rotatable bonds is 4. The Balaban J connectivity index is 3.08. The minimum Gasteiger partial charge on any atom is -0.377 e. The Bertz CT molecular complexity index is 334. The first-order valence-corrected chi connectivity index (χ1v) is 5.33. The molecule has 0 N–H and O–H groups in total. The predicted molar refractivity (Wildman–Crippen MR) is 60.8 cm³/mol. The van der Waals surface area contributed by atoms with Crippen LogP contribution in [0.15, 0.2) is 6.07 Å². The lowest BCUT2D eigenvalue weighted by atomic mass is 9.86. The van der Waals surface area contributed by atoms with Crippen LogP contribution in [0.4, 0.5) is 0 Å². The second-order valence-electron chi connectivity index (χ2n) is 4.48. The van der Waals surface area contributed by atoms with Crippen molar-refractivity contribution in [1.82, 2.24) is 9.97 Å². The maximum Gasteiger partial charge on any atom is 0.154 e. The van der Waals surface area contributed by atoms with Crippen LogP contribution < -0.4 is 0 Å². The fraction of sp³-hybridized carbons (Fsp3) is 0.667. The molecule has 0 aliphatic heterocycles. The Kier molecular flexibility index (Phi) is 3.80. The van der Waals surface area contributed by atoms with Crippen LogP contribution in [0.2, 0.25) is 0 Å². The van der Waals surface area contributed by atoms with Gasteiger partial charge in [0.05, 0.1) is 5.69 Å². The van der Waals surface area contributed by atoms with E-state index in [9.17, 15) is 0 Å². The van der Waals surface area contributed by atoms with Gasteiger partial charge in [0.2, 0.25) is 0 Å². The molecule has 84 valence electrons. The van der Waals surface area contributed by atoms with Gasteiger partial charge in [0.25, 0.3) is 0 Å². The van der Waals surface area contributed by atoms with E-state index in [0.717, 1.165) is 23.6 Å². The molecule has 0 spiro atoms. The number of nitrogens with zero attached hydrogens (tertiary/aromatic N) is 2. The van der Waals surface area contributed by atoms with Gasteiger partial charge in [-0.3, -0.25) is 0 Å². The molecule has 15 heavy (non-hydrogen) atoms. The molecule has 0 aromatic carbocycles. The molecule has 0 fully saturated rings. The summed E-state index contributed by atoms with van der Waals surface area (Å²) in [5.41, 5.74) is 2.22. The van der Waals surface area contributed by atoms with Crippen LogP contribution in [0.3, 0.4) is 0 Å². The Hall–Kier alpha value is -0.960. The first kappa shape index (κ1) is 12.1. The lowest BCUT2D eigenvalue weighted by Crippen LogP contribution is -2.19. The molecule has 0 amide bonds. The summed E-state index contributed by atoms with van der Waals surface area (Å²) in [5, 5.41) is 0. The minimum absolute atomic E-state index is 0.107. The van der Waals surface area contributed by atoms with Crippen LogP contribution in [0, 0.1) is 6.92 Å². The van der Waals surface area contributed by atoms with Crippen molar-refractivity contribution >= 4 is 0 Å². The zero-order valence-electron chi connectivity index (χ0n) is 10.3. The SMILES string of the molecule is CCC(C)(C)c1cc(C)nc(COC)n1. The summed E-state index contributed by atoms with van der Waals surface area (Å²) in [6.07, 6.45) is 1.07. The number of aromatic nitrogens is 2. The highest BCUT2D eigenvalue weighted by Crippen LogP contribution is 2.25. The van der Waals surface area contributed by atoms with Gasteiger partial charge in [-0.05, 0) is 19.4 Å². The van der Waals surface area contributed by atoms with Crippen LogP contribution in [-0.4, -0.2) is 17.1 Å². The molecule has 0 unspecified atom stereocenters. The van der Waals surface area contributed by atoms with Gasteiger partial charge in [-0.2, -0.15) is 0 Å². The topological polar surface area (TPSA) is 35.0 Å². The number of methoxy groups -OCH3 is 1. The molecule has 0 aliphatic carbocycles. The predicted octanol–water partition coefficient (Wildman–Crippen LogP) is 2.62. The summed E-state index contributed by atoms with van der Waals surface area (Å²) in [6, 6.07) is 2.06. The zero-order valence-corrected chi connectivity index (χ0v) is 10.3. The number of hydrogen-bond donors (Lipinski definition) is 0. The van der Waals surface area contributed by atoms with Gasteiger partial charge < -0.3 is 4.74 Å². The Morgan fingerprint density at radius 2 is 2.00 bits per heavy atom. The highest BCUT2D eigenvalue weighted by atomic mass is 16.5. The average Bonchev–Trinajstić information content (AvgIpc) is 2.17. The van der Waals surface area contributed by atoms with E-state index in [0.29, 0.717) is 6.61 Å². The quantitative estimate of drug-likeness (QED) is 0.763. The maximum atomic E-state index is 5.06. The van der Waals surface area contributed by atoms with Crippen LogP contribution >= 0.6 is 0 Å². The smallest absolute Gasteiger partial charge is 0.154 e. The molecule has 0 saturated heterocycles. The van der Waals surface area contributed by atoms with E-state index >= 15 is 0 Å². The summed E-state index contributed by atoms with van der Waals surface area (Å²) >= 11 is 0. The molecule has 0 atom stereocenters. The van der Waals surface area contributed by atoms with Crippen molar-refractivity contribution in [2.45, 2.75) is 46.1 Å². The van der Waals surface area contributed by atoms with Gasteiger partial charge in [0.15, 0.2) is 5.82 Å². The average molecular weight is 208 g/mol. The van der Waals surface area contributed by atoms with Gasteiger partial charge in [-0.15, -0.1) is 0 Å². The third kappa shape index (κ3) is 2.99. The van der Waals surface area contributed by atoms with Crippen LogP contribution in [0.5, 0.6) is 0 Å². The van der Waals surface area contributed by atoms with E-state index in [4.69, 9.17) is 4.74 Å². The Labute approximate surface area is 91.9 Å². The number of aryl methyl sites for hydroxylation is 1. The highest BCUT2D eigenvalue weighted by molar-refractivity contribution is 5.17. The van der Waals surface area contributed by atoms with E-state index in [1.807, 2.05) is 6.92 Å². The van der Waals surface area contributed by atoms with Crippen molar-refractivity contribution in [2.75, 3.05) is 7.11 Å².